The van der Waals surface area contributed by atoms with Crippen LogP contribution < -0.4 is 21.1 Å². The predicted octanol–water partition coefficient (Wildman–Crippen LogP) is 0.980. The number of hydrogen-bond acceptors (Lipinski definition) is 10. The first kappa shape index (κ1) is 25.1. The lowest BCUT2D eigenvalue weighted by Crippen LogP contribution is -2.54. The van der Waals surface area contributed by atoms with Crippen LogP contribution in [-0.4, -0.2) is 78.6 Å². The number of amides is 1. The highest BCUT2D eigenvalue weighted by Crippen LogP contribution is 2.28. The molecule has 12 nitrogen and oxygen atoms in total. The van der Waals surface area contributed by atoms with Gasteiger partial charge in [0.25, 0.3) is 5.91 Å². The molecule has 3 aromatic heterocycles. The number of pyridine rings is 1. The van der Waals surface area contributed by atoms with Crippen molar-refractivity contribution in [1.82, 2.24) is 40.5 Å². The molecule has 2 atom stereocenters. The maximum Gasteiger partial charge on any atom is 0.254 e. The fraction of sp³-hybridized carbons (Fsp3) is 0.480. The predicted molar refractivity (Wildman–Crippen MR) is 139 cm³/mol. The minimum atomic E-state index is -1.42. The van der Waals surface area contributed by atoms with E-state index in [0.717, 1.165) is 23.5 Å². The van der Waals surface area contributed by atoms with E-state index in [4.69, 9.17) is 4.98 Å². The first-order chi connectivity index (χ1) is 17.8. The van der Waals surface area contributed by atoms with E-state index in [1.165, 1.54) is 0 Å². The summed E-state index contributed by atoms with van der Waals surface area (Å²) in [7, 11) is 1.71. The molecular weight excluding hydrogens is 472 g/mol. The molecule has 5 rings (SSSR count). The molecule has 1 amide bonds. The molecule has 5 heterocycles. The van der Waals surface area contributed by atoms with Crippen molar-refractivity contribution in [2.24, 2.45) is 0 Å². The SMILES string of the molecule is Cc1cc(NC2CC(C)NN2)nc(N2CCC(O)(C(=O)N(C)Cc3ccc(-n4cccn4)nc3)CC2)n1. The molecule has 0 bridgehead atoms. The molecule has 2 aliphatic heterocycles. The van der Waals surface area contributed by atoms with Crippen molar-refractivity contribution in [2.45, 2.75) is 57.5 Å². The van der Waals surface area contributed by atoms with Crippen molar-refractivity contribution < 1.29 is 9.90 Å². The third-order valence-corrected chi connectivity index (χ3v) is 6.84. The average Bonchev–Trinajstić information content (AvgIpc) is 3.56. The van der Waals surface area contributed by atoms with Crippen molar-refractivity contribution in [1.29, 1.82) is 0 Å². The molecule has 2 fully saturated rings. The van der Waals surface area contributed by atoms with Crippen molar-refractivity contribution in [2.75, 3.05) is 30.4 Å². The number of rotatable bonds is 7. The Morgan fingerprint density at radius 2 is 2.08 bits per heavy atom. The molecule has 2 saturated heterocycles. The lowest BCUT2D eigenvalue weighted by Gasteiger charge is -2.39. The van der Waals surface area contributed by atoms with Crippen molar-refractivity contribution >= 4 is 17.7 Å². The zero-order valence-corrected chi connectivity index (χ0v) is 21.4. The van der Waals surface area contributed by atoms with Crippen LogP contribution in [0.15, 0.2) is 42.9 Å². The number of nitrogens with zero attached hydrogens (tertiary/aromatic N) is 7. The number of aryl methyl sites for hydroxylation is 1. The summed E-state index contributed by atoms with van der Waals surface area (Å²) in [6.07, 6.45) is 6.89. The molecular formula is C25H34N10O2. The minimum Gasteiger partial charge on any atom is -0.380 e. The second kappa shape index (κ2) is 10.4. The van der Waals surface area contributed by atoms with Gasteiger partial charge < -0.3 is 20.2 Å². The molecule has 196 valence electrons. The normalized spacial score (nSPS) is 21.1. The smallest absolute Gasteiger partial charge is 0.254 e. The Balaban J connectivity index is 1.18. The van der Waals surface area contributed by atoms with E-state index in [1.54, 1.807) is 29.0 Å². The monoisotopic (exact) mass is 506 g/mol. The van der Waals surface area contributed by atoms with Gasteiger partial charge in [-0.3, -0.25) is 10.2 Å². The molecule has 0 aromatic carbocycles. The van der Waals surface area contributed by atoms with Crippen LogP contribution in [-0.2, 0) is 11.3 Å². The van der Waals surface area contributed by atoms with Gasteiger partial charge in [0.1, 0.15) is 11.4 Å². The molecule has 3 aromatic rings. The third-order valence-electron chi connectivity index (χ3n) is 6.84. The topological polar surface area (TPSA) is 136 Å². The summed E-state index contributed by atoms with van der Waals surface area (Å²) in [6, 6.07) is 7.91. The number of carbonyl (C=O) groups is 1. The maximum atomic E-state index is 13.2. The number of aromatic nitrogens is 5. The van der Waals surface area contributed by atoms with Gasteiger partial charge in [-0.1, -0.05) is 6.07 Å². The van der Waals surface area contributed by atoms with Crippen LogP contribution >= 0.6 is 0 Å². The molecule has 4 N–H and O–H groups in total. The van der Waals surface area contributed by atoms with Gasteiger partial charge in [0.05, 0.1) is 6.17 Å². The minimum absolute atomic E-state index is 0.0914. The second-order valence-electron chi connectivity index (χ2n) is 9.97. The summed E-state index contributed by atoms with van der Waals surface area (Å²) in [5.74, 6) is 1.77. The number of nitrogens with one attached hydrogen (secondary N) is 3. The van der Waals surface area contributed by atoms with E-state index in [1.807, 2.05) is 42.3 Å². The number of likely N-dealkylation sites (N-methyl/N-ethyl adjacent to an activating group) is 1. The van der Waals surface area contributed by atoms with Crippen molar-refractivity contribution in [3.05, 3.63) is 54.1 Å². The van der Waals surface area contributed by atoms with E-state index >= 15 is 0 Å². The van der Waals surface area contributed by atoms with Gasteiger partial charge >= 0.3 is 0 Å². The van der Waals surface area contributed by atoms with Gasteiger partial charge in [-0.15, -0.1) is 0 Å². The van der Waals surface area contributed by atoms with Crippen LogP contribution in [0.3, 0.4) is 0 Å². The van der Waals surface area contributed by atoms with Crippen LogP contribution in [0.2, 0.25) is 0 Å². The number of aliphatic hydroxyl groups is 1. The van der Waals surface area contributed by atoms with E-state index in [0.29, 0.717) is 50.3 Å². The lowest BCUT2D eigenvalue weighted by molar-refractivity contribution is -0.152. The van der Waals surface area contributed by atoms with Crippen LogP contribution in [0.5, 0.6) is 0 Å². The Hall–Kier alpha value is -3.61. The van der Waals surface area contributed by atoms with E-state index in [2.05, 4.69) is 38.2 Å². The molecule has 0 radical (unpaired) electrons. The number of piperidine rings is 1. The lowest BCUT2D eigenvalue weighted by atomic mass is 9.90. The fourth-order valence-electron chi connectivity index (χ4n) is 4.80. The molecule has 0 spiro atoms. The number of hydrazine groups is 1. The van der Waals surface area contributed by atoms with E-state index in [-0.39, 0.29) is 12.1 Å². The summed E-state index contributed by atoms with van der Waals surface area (Å²) in [5, 5.41) is 18.8. The Bertz CT molecular complexity index is 1210. The third kappa shape index (κ3) is 5.71. The van der Waals surface area contributed by atoms with Gasteiger partial charge in [-0.25, -0.2) is 20.1 Å². The first-order valence-corrected chi connectivity index (χ1v) is 12.6. The van der Waals surface area contributed by atoms with E-state index < -0.39 is 5.60 Å². The van der Waals surface area contributed by atoms with Crippen LogP contribution in [0.1, 0.15) is 37.4 Å². The molecule has 12 heteroatoms. The Morgan fingerprint density at radius 1 is 1.27 bits per heavy atom. The van der Waals surface area contributed by atoms with Gasteiger partial charge in [0.2, 0.25) is 5.95 Å². The summed E-state index contributed by atoms with van der Waals surface area (Å²) in [6.45, 7) is 5.39. The largest absolute Gasteiger partial charge is 0.380 e. The standard InChI is InChI=1S/C25H34N10O2/c1-17-13-20(29-21-14-18(2)31-32-21)30-24(28-17)34-11-7-25(37,8-12-34)23(36)33(3)16-19-5-6-22(26-15-19)35-10-4-9-27-35/h4-6,9-10,13,15,18,21,31-32,37H,7-8,11-12,14,16H2,1-3H3,(H,28,29,30). The first-order valence-electron chi connectivity index (χ1n) is 12.6. The zero-order valence-electron chi connectivity index (χ0n) is 21.4. The zero-order chi connectivity index (χ0) is 26.0. The van der Waals surface area contributed by atoms with Crippen molar-refractivity contribution in [3.63, 3.8) is 0 Å². The number of hydrogen-bond donors (Lipinski definition) is 4. The molecule has 0 aliphatic carbocycles. The summed E-state index contributed by atoms with van der Waals surface area (Å²) in [4.78, 5) is 30.5. The summed E-state index contributed by atoms with van der Waals surface area (Å²) in [5.41, 5.74) is 6.72. The van der Waals surface area contributed by atoms with Gasteiger partial charge in [0, 0.05) is 75.9 Å². The molecule has 0 saturated carbocycles. The highest BCUT2D eigenvalue weighted by Gasteiger charge is 2.41. The molecule has 2 unspecified atom stereocenters. The van der Waals surface area contributed by atoms with Gasteiger partial charge in [0.15, 0.2) is 5.82 Å². The van der Waals surface area contributed by atoms with E-state index in [9.17, 15) is 9.90 Å². The average molecular weight is 507 g/mol. The maximum absolute atomic E-state index is 13.2. The van der Waals surface area contributed by atoms with Crippen LogP contribution in [0.25, 0.3) is 5.82 Å². The number of anilines is 2. The Kier molecular flexibility index (Phi) is 7.04. The highest BCUT2D eigenvalue weighted by molar-refractivity contribution is 5.85. The molecule has 37 heavy (non-hydrogen) atoms. The van der Waals surface area contributed by atoms with Gasteiger partial charge in [-0.05, 0) is 38.0 Å². The van der Waals surface area contributed by atoms with Crippen LogP contribution in [0, 0.1) is 6.92 Å². The Labute approximate surface area is 216 Å². The number of carbonyl (C=O) groups excluding carboxylic acids is 1. The van der Waals surface area contributed by atoms with Crippen LogP contribution in [0.4, 0.5) is 11.8 Å². The quantitative estimate of drug-likeness (QED) is 0.367. The fourth-order valence-corrected chi connectivity index (χ4v) is 4.80. The summed E-state index contributed by atoms with van der Waals surface area (Å²) < 4.78 is 1.68. The highest BCUT2D eigenvalue weighted by atomic mass is 16.3. The summed E-state index contributed by atoms with van der Waals surface area (Å²) >= 11 is 0. The Morgan fingerprint density at radius 3 is 2.73 bits per heavy atom. The van der Waals surface area contributed by atoms with Gasteiger partial charge in [-0.2, -0.15) is 10.1 Å². The second-order valence-corrected chi connectivity index (χ2v) is 9.97. The van der Waals surface area contributed by atoms with Crippen molar-refractivity contribution in [3.8, 4) is 5.82 Å². The molecule has 2 aliphatic rings.